The smallest absolute Gasteiger partial charge is 0.290 e. The third-order valence-electron chi connectivity index (χ3n) is 5.33. The Balaban J connectivity index is 1.47. The van der Waals surface area contributed by atoms with Crippen molar-refractivity contribution in [3.05, 3.63) is 70.0 Å². The van der Waals surface area contributed by atoms with Crippen molar-refractivity contribution in [3.8, 4) is 22.8 Å². The van der Waals surface area contributed by atoms with Crippen molar-refractivity contribution in [2.45, 2.75) is 25.0 Å². The number of methoxy groups -OCH3 is 2. The number of aromatic nitrogens is 4. The molecule has 4 aromatic rings. The Hall–Kier alpha value is -3.79. The molecule has 2 aromatic carbocycles. The van der Waals surface area contributed by atoms with E-state index in [0.29, 0.717) is 27.9 Å². The van der Waals surface area contributed by atoms with E-state index in [0.717, 1.165) is 17.5 Å². The molecule has 0 fully saturated rings. The second-order valence-electron chi connectivity index (χ2n) is 7.43. The summed E-state index contributed by atoms with van der Waals surface area (Å²) in [6.07, 6.45) is 0.947. The lowest BCUT2D eigenvalue weighted by Gasteiger charge is -2.13. The lowest BCUT2D eigenvalue weighted by molar-refractivity contribution is -0.118. The number of nitrogens with zero attached hydrogens (tertiary/aromatic N) is 3. The minimum Gasteiger partial charge on any atom is -0.493 e. The summed E-state index contributed by atoms with van der Waals surface area (Å²) in [5, 5.41) is 14.4. The number of carbonyl (C=O) groups is 1. The van der Waals surface area contributed by atoms with Crippen molar-refractivity contribution >= 4 is 23.2 Å². The SMILES string of the molecule is CCc1ccc(-c2cc3c(=O)[nH]nc(SCC(=O)NCc4cccc(OC)c4OC)n3n2)cc1. The number of H-pyrrole nitrogens is 1. The summed E-state index contributed by atoms with van der Waals surface area (Å²) < 4.78 is 12.2. The first-order valence-electron chi connectivity index (χ1n) is 10.7. The minimum absolute atomic E-state index is 0.0980. The highest BCUT2D eigenvalue weighted by molar-refractivity contribution is 7.99. The fourth-order valence-electron chi connectivity index (χ4n) is 3.51. The van der Waals surface area contributed by atoms with E-state index in [4.69, 9.17) is 9.47 Å². The van der Waals surface area contributed by atoms with E-state index < -0.39 is 0 Å². The third-order valence-corrected chi connectivity index (χ3v) is 6.26. The van der Waals surface area contributed by atoms with Crippen LogP contribution in [0.15, 0.2) is 58.5 Å². The molecule has 0 radical (unpaired) electrons. The van der Waals surface area contributed by atoms with Gasteiger partial charge in [-0.3, -0.25) is 9.59 Å². The van der Waals surface area contributed by atoms with Gasteiger partial charge in [-0.1, -0.05) is 55.1 Å². The largest absolute Gasteiger partial charge is 0.493 e. The molecule has 0 unspecified atom stereocenters. The molecule has 0 saturated heterocycles. The molecule has 0 aliphatic heterocycles. The highest BCUT2D eigenvalue weighted by Gasteiger charge is 2.15. The van der Waals surface area contributed by atoms with Crippen molar-refractivity contribution in [1.29, 1.82) is 0 Å². The number of aryl methyl sites for hydroxylation is 1. The van der Waals surface area contributed by atoms with Crippen LogP contribution in [0.4, 0.5) is 0 Å². The van der Waals surface area contributed by atoms with Crippen molar-refractivity contribution in [2.75, 3.05) is 20.0 Å². The number of thioether (sulfide) groups is 1. The number of para-hydroxylation sites is 1. The van der Waals surface area contributed by atoms with Gasteiger partial charge < -0.3 is 14.8 Å². The summed E-state index contributed by atoms with van der Waals surface area (Å²) in [6.45, 7) is 2.38. The van der Waals surface area contributed by atoms with Crippen LogP contribution < -0.4 is 20.3 Å². The number of carbonyl (C=O) groups excluding carboxylic acids is 1. The first kappa shape index (κ1) is 23.4. The quantitative estimate of drug-likeness (QED) is 0.355. The number of nitrogens with one attached hydrogen (secondary N) is 2. The summed E-state index contributed by atoms with van der Waals surface area (Å²) in [4.78, 5) is 24.8. The molecule has 2 aromatic heterocycles. The summed E-state index contributed by atoms with van der Waals surface area (Å²) >= 11 is 1.19. The standard InChI is InChI=1S/C24H25N5O4S/c1-4-15-8-10-16(11-9-15)18-12-19-23(31)26-27-24(29(19)28-18)34-14-21(30)25-13-17-6-5-7-20(32-2)22(17)33-3/h5-12H,4,13-14H2,1-3H3,(H,25,30)(H,26,31). The fraction of sp³-hybridized carbons (Fsp3) is 0.250. The van der Waals surface area contributed by atoms with Gasteiger partial charge in [-0.05, 0) is 24.1 Å². The molecule has 0 aliphatic carbocycles. The molecule has 0 aliphatic rings. The summed E-state index contributed by atoms with van der Waals surface area (Å²) in [7, 11) is 3.12. The molecule has 2 heterocycles. The predicted octanol–water partition coefficient (Wildman–Crippen LogP) is 3.07. The Morgan fingerprint density at radius 1 is 1.15 bits per heavy atom. The number of aromatic amines is 1. The fourth-order valence-corrected chi connectivity index (χ4v) is 4.24. The van der Waals surface area contributed by atoms with Crippen molar-refractivity contribution < 1.29 is 14.3 Å². The topological polar surface area (TPSA) is 111 Å². The van der Waals surface area contributed by atoms with Crippen LogP contribution in [0.1, 0.15) is 18.1 Å². The van der Waals surface area contributed by atoms with Gasteiger partial charge in [-0.2, -0.15) is 5.10 Å². The normalized spacial score (nSPS) is 10.9. The summed E-state index contributed by atoms with van der Waals surface area (Å²) in [5.74, 6) is 1.08. The number of amides is 1. The van der Waals surface area contributed by atoms with Crippen LogP contribution in [0.5, 0.6) is 11.5 Å². The lowest BCUT2D eigenvalue weighted by atomic mass is 10.1. The second kappa shape index (κ2) is 10.4. The van der Waals surface area contributed by atoms with E-state index >= 15 is 0 Å². The van der Waals surface area contributed by atoms with Crippen LogP contribution in [-0.2, 0) is 17.8 Å². The van der Waals surface area contributed by atoms with Gasteiger partial charge >= 0.3 is 0 Å². The highest BCUT2D eigenvalue weighted by atomic mass is 32.2. The van der Waals surface area contributed by atoms with Gasteiger partial charge in [0, 0.05) is 17.7 Å². The molecule has 2 N–H and O–H groups in total. The van der Waals surface area contributed by atoms with Crippen molar-refractivity contribution in [2.24, 2.45) is 0 Å². The Morgan fingerprint density at radius 2 is 1.94 bits per heavy atom. The number of rotatable bonds is 9. The van der Waals surface area contributed by atoms with Crippen LogP contribution in [0.2, 0.25) is 0 Å². The minimum atomic E-state index is -0.345. The zero-order valence-corrected chi connectivity index (χ0v) is 19.9. The van der Waals surface area contributed by atoms with E-state index in [2.05, 4.69) is 27.5 Å². The van der Waals surface area contributed by atoms with Crippen LogP contribution >= 0.6 is 11.8 Å². The zero-order chi connectivity index (χ0) is 24.1. The van der Waals surface area contributed by atoms with E-state index in [1.54, 1.807) is 26.4 Å². The van der Waals surface area contributed by atoms with Gasteiger partial charge in [0.2, 0.25) is 11.1 Å². The molecule has 0 atom stereocenters. The van der Waals surface area contributed by atoms with E-state index in [-0.39, 0.29) is 23.8 Å². The van der Waals surface area contributed by atoms with Crippen molar-refractivity contribution in [1.82, 2.24) is 25.1 Å². The molecule has 4 rings (SSSR count). The average molecular weight is 480 g/mol. The number of benzene rings is 2. The van der Waals surface area contributed by atoms with Gasteiger partial charge in [0.15, 0.2) is 11.5 Å². The van der Waals surface area contributed by atoms with Gasteiger partial charge in [0.05, 0.1) is 25.7 Å². The van der Waals surface area contributed by atoms with E-state index in [9.17, 15) is 9.59 Å². The maximum Gasteiger partial charge on any atom is 0.290 e. The van der Waals surface area contributed by atoms with Crippen molar-refractivity contribution in [3.63, 3.8) is 0 Å². The molecule has 10 heteroatoms. The molecule has 1 amide bonds. The number of hydrogen-bond donors (Lipinski definition) is 2. The van der Waals surface area contributed by atoms with Crippen LogP contribution in [0, 0.1) is 0 Å². The third kappa shape index (κ3) is 4.91. The molecular weight excluding hydrogens is 454 g/mol. The van der Waals surface area contributed by atoms with Gasteiger partial charge in [0.25, 0.3) is 5.56 Å². The maximum absolute atomic E-state index is 12.5. The molecule has 34 heavy (non-hydrogen) atoms. The first-order chi connectivity index (χ1) is 16.5. The first-order valence-corrected chi connectivity index (χ1v) is 11.7. The Bertz CT molecular complexity index is 1360. The molecule has 0 spiro atoms. The summed E-state index contributed by atoms with van der Waals surface area (Å²) in [6, 6.07) is 15.3. The van der Waals surface area contributed by atoms with Gasteiger partial charge in [-0.25, -0.2) is 9.61 Å². The van der Waals surface area contributed by atoms with Crippen LogP contribution in [0.25, 0.3) is 16.8 Å². The van der Waals surface area contributed by atoms with Crippen LogP contribution in [0.3, 0.4) is 0 Å². The number of hydrogen-bond acceptors (Lipinski definition) is 7. The monoisotopic (exact) mass is 479 g/mol. The van der Waals surface area contributed by atoms with Gasteiger partial charge in [0.1, 0.15) is 5.52 Å². The Kier molecular flexibility index (Phi) is 7.17. The second-order valence-corrected chi connectivity index (χ2v) is 8.37. The Labute approximate surface area is 200 Å². The Morgan fingerprint density at radius 3 is 2.65 bits per heavy atom. The molecule has 0 bridgehead atoms. The van der Waals surface area contributed by atoms with E-state index in [1.165, 1.54) is 21.8 Å². The molecule has 9 nitrogen and oxygen atoms in total. The maximum atomic E-state index is 12.5. The predicted molar refractivity (Wildman–Crippen MR) is 131 cm³/mol. The molecular formula is C24H25N5O4S. The number of ether oxygens (including phenoxy) is 2. The highest BCUT2D eigenvalue weighted by Crippen LogP contribution is 2.30. The average Bonchev–Trinajstić information content (AvgIpc) is 3.33. The summed E-state index contributed by atoms with van der Waals surface area (Å²) in [5.41, 5.74) is 3.62. The van der Waals surface area contributed by atoms with Crippen LogP contribution in [-0.4, -0.2) is 45.7 Å². The molecule has 176 valence electrons. The lowest BCUT2D eigenvalue weighted by Crippen LogP contribution is -2.25. The van der Waals surface area contributed by atoms with Gasteiger partial charge in [-0.15, -0.1) is 5.10 Å². The zero-order valence-electron chi connectivity index (χ0n) is 19.1. The van der Waals surface area contributed by atoms with E-state index in [1.807, 2.05) is 36.4 Å². The molecule has 0 saturated carbocycles. The number of fused-ring (bicyclic) bond motifs is 1.